The van der Waals surface area contributed by atoms with Gasteiger partial charge < -0.3 is 14.8 Å². The van der Waals surface area contributed by atoms with Crippen LogP contribution in [0.1, 0.15) is 25.8 Å². The van der Waals surface area contributed by atoms with Gasteiger partial charge in [-0.1, -0.05) is 44.2 Å². The molecule has 2 amide bonds. The molecule has 2 aromatic rings. The van der Waals surface area contributed by atoms with Gasteiger partial charge in [-0.2, -0.15) is 0 Å². The van der Waals surface area contributed by atoms with Gasteiger partial charge in [-0.25, -0.2) is 9.89 Å². The van der Waals surface area contributed by atoms with Crippen molar-refractivity contribution in [2.24, 2.45) is 15.9 Å². The van der Waals surface area contributed by atoms with Gasteiger partial charge in [0.15, 0.2) is 5.17 Å². The first kappa shape index (κ1) is 22.8. The number of amides is 2. The van der Waals surface area contributed by atoms with Crippen molar-refractivity contribution < 1.29 is 19.1 Å². The van der Waals surface area contributed by atoms with Gasteiger partial charge in [0.1, 0.15) is 23.4 Å². The number of nitrogens with zero attached hydrogens (tertiary/aromatic N) is 3. The molecule has 2 heterocycles. The monoisotopic (exact) mass is 466 g/mol. The summed E-state index contributed by atoms with van der Waals surface area (Å²) in [5, 5.41) is 3.31. The topological polar surface area (TPSA) is 92.6 Å². The van der Waals surface area contributed by atoms with E-state index in [2.05, 4.69) is 10.3 Å². The van der Waals surface area contributed by atoms with Crippen molar-refractivity contribution in [3.63, 3.8) is 0 Å². The molecular weight excluding hydrogens is 440 g/mol. The van der Waals surface area contributed by atoms with E-state index in [0.29, 0.717) is 28.2 Å². The largest absolute Gasteiger partial charge is 0.497 e. The molecule has 0 unspecified atom stereocenters. The highest BCUT2D eigenvalue weighted by molar-refractivity contribution is 8.14. The predicted octanol–water partition coefficient (Wildman–Crippen LogP) is 4.08. The molecule has 0 aromatic heterocycles. The van der Waals surface area contributed by atoms with E-state index < -0.39 is 6.04 Å². The average Bonchev–Trinajstić information content (AvgIpc) is 3.20. The van der Waals surface area contributed by atoms with E-state index in [0.717, 1.165) is 17.7 Å². The van der Waals surface area contributed by atoms with Gasteiger partial charge in [0, 0.05) is 11.6 Å². The lowest BCUT2D eigenvalue weighted by Gasteiger charge is -2.25. The number of benzene rings is 2. The SMILES string of the molecule is CC[C@@H](C)[C@H]1N=C2c3ccccc3N=C(SCC(=O)Nc3ccc(OC)cc3OC)N2C1=O. The quantitative estimate of drug-likeness (QED) is 0.664. The number of hydrogen-bond donors (Lipinski definition) is 1. The second kappa shape index (κ2) is 9.66. The molecule has 2 aliphatic rings. The minimum atomic E-state index is -0.445. The summed E-state index contributed by atoms with van der Waals surface area (Å²) in [6.07, 6.45) is 0.842. The second-order valence-electron chi connectivity index (χ2n) is 7.77. The fourth-order valence-corrected chi connectivity index (χ4v) is 4.48. The number of carbonyl (C=O) groups excluding carboxylic acids is 2. The molecule has 1 N–H and O–H groups in total. The predicted molar refractivity (Wildman–Crippen MR) is 131 cm³/mol. The first-order valence-electron chi connectivity index (χ1n) is 10.7. The number of nitrogens with one attached hydrogen (secondary N) is 1. The molecule has 9 heteroatoms. The number of rotatable bonds is 7. The molecule has 33 heavy (non-hydrogen) atoms. The highest BCUT2D eigenvalue weighted by atomic mass is 32.2. The van der Waals surface area contributed by atoms with E-state index >= 15 is 0 Å². The van der Waals surface area contributed by atoms with Gasteiger partial charge in [0.2, 0.25) is 5.91 Å². The maximum Gasteiger partial charge on any atom is 0.259 e. The number of methoxy groups -OCH3 is 2. The van der Waals surface area contributed by atoms with Crippen molar-refractivity contribution in [2.45, 2.75) is 26.3 Å². The highest BCUT2D eigenvalue weighted by Gasteiger charge is 2.43. The number of fused-ring (bicyclic) bond motifs is 3. The third-order valence-corrected chi connectivity index (χ3v) is 6.64. The number of aliphatic imine (C=N–C) groups is 2. The summed E-state index contributed by atoms with van der Waals surface area (Å²) in [7, 11) is 3.09. The van der Waals surface area contributed by atoms with Gasteiger partial charge in [0.25, 0.3) is 5.91 Å². The van der Waals surface area contributed by atoms with Gasteiger partial charge in [0.05, 0.1) is 31.3 Å². The number of anilines is 1. The molecule has 0 fully saturated rings. The summed E-state index contributed by atoms with van der Waals surface area (Å²) in [5.74, 6) is 1.57. The van der Waals surface area contributed by atoms with Crippen LogP contribution in [0.25, 0.3) is 0 Å². The molecule has 2 aromatic carbocycles. The van der Waals surface area contributed by atoms with Crippen molar-refractivity contribution in [1.29, 1.82) is 0 Å². The summed E-state index contributed by atoms with van der Waals surface area (Å²) >= 11 is 1.21. The van der Waals surface area contributed by atoms with Crippen molar-refractivity contribution in [3.8, 4) is 11.5 Å². The van der Waals surface area contributed by atoms with Gasteiger partial charge in [-0.05, 0) is 30.2 Å². The summed E-state index contributed by atoms with van der Waals surface area (Å²) in [6.45, 7) is 4.07. The number of carbonyl (C=O) groups is 2. The average molecular weight is 467 g/mol. The van der Waals surface area contributed by atoms with E-state index in [1.165, 1.54) is 18.9 Å². The Kier molecular flexibility index (Phi) is 6.69. The van der Waals surface area contributed by atoms with Crippen LogP contribution < -0.4 is 14.8 Å². The summed E-state index contributed by atoms with van der Waals surface area (Å²) in [5.41, 5.74) is 2.11. The Morgan fingerprint density at radius 1 is 1.21 bits per heavy atom. The Balaban J connectivity index is 1.53. The minimum absolute atomic E-state index is 0.0707. The zero-order valence-electron chi connectivity index (χ0n) is 19.0. The number of ether oxygens (including phenoxy) is 2. The number of amidine groups is 2. The molecule has 0 aliphatic carbocycles. The first-order valence-corrected chi connectivity index (χ1v) is 11.7. The fourth-order valence-electron chi connectivity index (χ4n) is 3.68. The van der Waals surface area contributed by atoms with Crippen LogP contribution in [0, 0.1) is 5.92 Å². The Bertz CT molecular complexity index is 1150. The lowest BCUT2D eigenvalue weighted by molar-refractivity contribution is -0.125. The maximum absolute atomic E-state index is 13.2. The summed E-state index contributed by atoms with van der Waals surface area (Å²) < 4.78 is 10.5. The molecular formula is C24H26N4O4S. The first-order chi connectivity index (χ1) is 16.0. The van der Waals surface area contributed by atoms with Crippen LogP contribution in [0.5, 0.6) is 11.5 Å². The van der Waals surface area contributed by atoms with E-state index in [1.54, 1.807) is 30.2 Å². The van der Waals surface area contributed by atoms with Crippen LogP contribution in [-0.4, -0.2) is 53.7 Å². The maximum atomic E-state index is 13.2. The van der Waals surface area contributed by atoms with Crippen molar-refractivity contribution in [2.75, 3.05) is 25.3 Å². The molecule has 2 aliphatic heterocycles. The Hall–Kier alpha value is -3.33. The van der Waals surface area contributed by atoms with Crippen LogP contribution in [-0.2, 0) is 9.59 Å². The van der Waals surface area contributed by atoms with E-state index in [9.17, 15) is 9.59 Å². The minimum Gasteiger partial charge on any atom is -0.497 e. The normalized spacial score (nSPS) is 17.5. The van der Waals surface area contributed by atoms with Gasteiger partial charge >= 0.3 is 0 Å². The standard InChI is InChI=1S/C24H26N4O4S/c1-5-14(2)21-23(30)28-22(27-21)16-8-6-7-9-17(16)26-24(28)33-13-20(29)25-18-11-10-15(31-3)12-19(18)32-4/h6-12,14,21H,5,13H2,1-4H3,(H,25,29)/t14-,21-/m1/s1. The van der Waals surface area contributed by atoms with Crippen LogP contribution in [0.4, 0.5) is 11.4 Å². The highest BCUT2D eigenvalue weighted by Crippen LogP contribution is 2.35. The Morgan fingerprint density at radius 2 is 2.00 bits per heavy atom. The van der Waals surface area contributed by atoms with E-state index in [-0.39, 0.29) is 23.5 Å². The molecule has 0 saturated heterocycles. The molecule has 8 nitrogen and oxygen atoms in total. The summed E-state index contributed by atoms with van der Waals surface area (Å²) in [4.78, 5) is 36.9. The van der Waals surface area contributed by atoms with Crippen LogP contribution >= 0.6 is 11.8 Å². The molecule has 0 spiro atoms. The lowest BCUT2D eigenvalue weighted by atomic mass is 10.00. The van der Waals surface area contributed by atoms with Crippen molar-refractivity contribution in [1.82, 2.24) is 4.90 Å². The van der Waals surface area contributed by atoms with E-state index in [4.69, 9.17) is 14.5 Å². The van der Waals surface area contributed by atoms with Crippen molar-refractivity contribution in [3.05, 3.63) is 48.0 Å². The summed E-state index contributed by atoms with van der Waals surface area (Å²) in [6, 6.07) is 12.3. The van der Waals surface area contributed by atoms with E-state index in [1.807, 2.05) is 38.1 Å². The van der Waals surface area contributed by atoms with Crippen molar-refractivity contribution >= 4 is 46.0 Å². The molecule has 0 saturated carbocycles. The van der Waals surface area contributed by atoms with Gasteiger partial charge in [-0.3, -0.25) is 14.6 Å². The zero-order valence-corrected chi connectivity index (χ0v) is 19.8. The number of hydrogen-bond acceptors (Lipinski definition) is 7. The third kappa shape index (κ3) is 4.45. The van der Waals surface area contributed by atoms with Crippen LogP contribution in [0.15, 0.2) is 52.4 Å². The molecule has 4 rings (SSSR count). The molecule has 0 bridgehead atoms. The fraction of sp³-hybridized carbons (Fsp3) is 0.333. The lowest BCUT2D eigenvalue weighted by Crippen LogP contribution is -2.42. The number of para-hydroxylation sites is 1. The zero-order chi connectivity index (χ0) is 23.5. The Morgan fingerprint density at radius 3 is 2.73 bits per heavy atom. The van der Waals surface area contributed by atoms with Gasteiger partial charge in [-0.15, -0.1) is 0 Å². The second-order valence-corrected chi connectivity index (χ2v) is 8.71. The molecule has 0 radical (unpaired) electrons. The van der Waals surface area contributed by atoms with Crippen LogP contribution in [0.3, 0.4) is 0 Å². The smallest absolute Gasteiger partial charge is 0.259 e. The molecule has 2 atom stereocenters. The Labute approximate surface area is 197 Å². The molecule has 172 valence electrons. The third-order valence-electron chi connectivity index (χ3n) is 5.70. The van der Waals surface area contributed by atoms with Crippen LogP contribution in [0.2, 0.25) is 0 Å². The number of thioether (sulfide) groups is 1.